The zero-order chi connectivity index (χ0) is 29.3. The molecule has 0 radical (unpaired) electrons. The van der Waals surface area contributed by atoms with Crippen LogP contribution in [0.15, 0.2) is 23.8 Å². The van der Waals surface area contributed by atoms with Crippen molar-refractivity contribution in [2.75, 3.05) is 44.6 Å². The van der Waals surface area contributed by atoms with E-state index in [-0.39, 0.29) is 35.7 Å². The summed E-state index contributed by atoms with van der Waals surface area (Å²) in [6, 6.07) is 0. The van der Waals surface area contributed by atoms with Gasteiger partial charge in [-0.05, 0) is 56.1 Å². The number of carbonyl (C=O) groups is 3. The largest absolute Gasteiger partial charge is 0.388 e. The Hall–Kier alpha value is -0.900. The molecular formula is C28H41Cl2N2O7P. The Morgan fingerprint density at radius 1 is 1.23 bits per heavy atom. The molecule has 7 atom stereocenters. The molecule has 0 amide bonds. The van der Waals surface area contributed by atoms with Crippen LogP contribution in [-0.4, -0.2) is 82.4 Å². The average Bonchev–Trinajstić information content (AvgIpc) is 3.20. The lowest BCUT2D eigenvalue weighted by atomic mass is 9.46. The SMILES string of the molecule is C[C@]12C=CC(=O)C=C1CC[C@@H]1[C@@H]2C(=O)C[C@@]2(C)[C@H]1CC[C@]2(O)C(=O)CO.O=P1(N(CCCl)CCCl)NCCCO1. The summed E-state index contributed by atoms with van der Waals surface area (Å²) in [5.74, 6) is 0.255. The fraction of sp³-hybridized carbons (Fsp3) is 0.750. The van der Waals surface area contributed by atoms with Gasteiger partial charge in [0.1, 0.15) is 18.0 Å². The first-order valence-corrected chi connectivity index (χ1v) is 16.8. The highest BCUT2D eigenvalue weighted by molar-refractivity contribution is 7.54. The van der Waals surface area contributed by atoms with E-state index in [1.807, 2.05) is 19.9 Å². The van der Waals surface area contributed by atoms with Crippen LogP contribution in [0.3, 0.4) is 0 Å². The van der Waals surface area contributed by atoms with E-state index < -0.39 is 36.5 Å². The van der Waals surface area contributed by atoms with E-state index >= 15 is 0 Å². The zero-order valence-electron chi connectivity index (χ0n) is 23.2. The molecule has 5 rings (SSSR count). The Morgan fingerprint density at radius 2 is 1.93 bits per heavy atom. The van der Waals surface area contributed by atoms with Crippen molar-refractivity contribution < 1.29 is 33.7 Å². The lowest BCUT2D eigenvalue weighted by Gasteiger charge is -2.56. The second-order valence-corrected chi connectivity index (χ2v) is 14.9. The van der Waals surface area contributed by atoms with Gasteiger partial charge in [0.15, 0.2) is 11.6 Å². The van der Waals surface area contributed by atoms with Gasteiger partial charge in [-0.1, -0.05) is 25.5 Å². The van der Waals surface area contributed by atoms with Crippen molar-refractivity contribution in [2.45, 2.75) is 58.0 Å². The second kappa shape index (κ2) is 12.4. The Bertz CT molecular complexity index is 1120. The number of aliphatic hydroxyl groups excluding tert-OH is 1. The van der Waals surface area contributed by atoms with Crippen LogP contribution >= 0.6 is 30.9 Å². The number of allylic oxidation sites excluding steroid dienone is 4. The number of ketones is 3. The molecule has 0 aromatic heterocycles. The summed E-state index contributed by atoms with van der Waals surface area (Å²) in [7, 11) is -2.84. The number of hydrogen-bond donors (Lipinski definition) is 3. The zero-order valence-corrected chi connectivity index (χ0v) is 25.6. The molecule has 3 saturated carbocycles. The van der Waals surface area contributed by atoms with Gasteiger partial charge in [-0.2, -0.15) is 0 Å². The normalized spacial score (nSPS) is 40.5. The van der Waals surface area contributed by atoms with E-state index in [9.17, 15) is 29.2 Å². The molecule has 12 heteroatoms. The highest BCUT2D eigenvalue weighted by Gasteiger charge is 2.68. The number of nitrogens with zero attached hydrogens (tertiary/aromatic N) is 1. The average molecular weight is 620 g/mol. The molecule has 5 aliphatic rings. The summed E-state index contributed by atoms with van der Waals surface area (Å²) in [5, 5.41) is 23.4. The maximum absolute atomic E-state index is 13.3. The maximum atomic E-state index is 13.3. The molecule has 0 aromatic carbocycles. The van der Waals surface area contributed by atoms with E-state index in [0.717, 1.165) is 31.4 Å². The van der Waals surface area contributed by atoms with Gasteiger partial charge in [-0.25, -0.2) is 9.76 Å². The number of nitrogens with one attached hydrogen (secondary N) is 1. The van der Waals surface area contributed by atoms with Crippen LogP contribution in [0, 0.1) is 28.6 Å². The molecule has 1 aliphatic heterocycles. The van der Waals surface area contributed by atoms with E-state index in [0.29, 0.717) is 44.3 Å². The standard InChI is InChI=1S/C21H26O5.C7H15Cl2N2O2P/c1-19-7-5-13(23)9-12(19)3-4-14-15-6-8-21(26,17(25)11-22)20(15,2)10-16(24)18(14)19;8-2-5-11(6-3-9)14(12)10-4-1-7-13-14/h5,7,9,14-15,18,22,26H,3-4,6,8,10-11H2,1-2H3;1-7H2,(H,10,12)/t14-,15-,18+,19-,20-,21-;/m0./s1. The summed E-state index contributed by atoms with van der Waals surface area (Å²) in [4.78, 5) is 37.4. The van der Waals surface area contributed by atoms with Gasteiger partial charge in [0, 0.05) is 54.6 Å². The van der Waals surface area contributed by atoms with E-state index in [1.165, 1.54) is 0 Å². The molecule has 9 nitrogen and oxygen atoms in total. The number of hydrogen-bond acceptors (Lipinski definition) is 7. The first-order valence-electron chi connectivity index (χ1n) is 14.1. The van der Waals surface area contributed by atoms with Crippen molar-refractivity contribution in [3.8, 4) is 0 Å². The predicted octanol–water partition coefficient (Wildman–Crippen LogP) is 3.65. The van der Waals surface area contributed by atoms with Gasteiger partial charge in [-0.15, -0.1) is 23.2 Å². The van der Waals surface area contributed by atoms with Gasteiger partial charge in [-0.3, -0.25) is 18.9 Å². The van der Waals surface area contributed by atoms with Crippen LogP contribution in [-0.2, 0) is 23.5 Å². The van der Waals surface area contributed by atoms with Crippen LogP contribution in [0.2, 0.25) is 0 Å². The smallest absolute Gasteiger partial charge is 0.343 e. The Kier molecular flexibility index (Phi) is 9.91. The van der Waals surface area contributed by atoms with Gasteiger partial charge >= 0.3 is 7.67 Å². The second-order valence-electron chi connectivity index (χ2n) is 12.0. The summed E-state index contributed by atoms with van der Waals surface area (Å²) >= 11 is 11.2. The highest BCUT2D eigenvalue weighted by atomic mass is 35.5. The minimum Gasteiger partial charge on any atom is -0.388 e. The number of carbonyl (C=O) groups excluding carboxylic acids is 3. The first kappa shape index (κ1) is 32.0. The molecule has 40 heavy (non-hydrogen) atoms. The maximum Gasteiger partial charge on any atom is 0.343 e. The number of fused-ring (bicyclic) bond motifs is 5. The quantitative estimate of drug-likeness (QED) is 0.289. The van der Waals surface area contributed by atoms with Gasteiger partial charge in [0.2, 0.25) is 0 Å². The number of alkyl halides is 2. The minimum absolute atomic E-state index is 0.0206. The lowest BCUT2D eigenvalue weighted by Crippen LogP contribution is -2.60. The molecule has 224 valence electrons. The molecule has 1 unspecified atom stereocenters. The van der Waals surface area contributed by atoms with Gasteiger partial charge in [0.25, 0.3) is 0 Å². The van der Waals surface area contributed by atoms with Crippen LogP contribution in [0.4, 0.5) is 0 Å². The van der Waals surface area contributed by atoms with Crippen LogP contribution < -0.4 is 5.09 Å². The lowest BCUT2D eigenvalue weighted by molar-refractivity contribution is -0.168. The Morgan fingerprint density at radius 3 is 2.52 bits per heavy atom. The summed E-state index contributed by atoms with van der Waals surface area (Å²) in [5.41, 5.74) is -1.86. The van der Waals surface area contributed by atoms with Crippen LogP contribution in [0.5, 0.6) is 0 Å². The Labute approximate surface area is 246 Å². The summed E-state index contributed by atoms with van der Waals surface area (Å²) in [6.45, 7) is 5.50. The van der Waals surface area contributed by atoms with Gasteiger partial charge in [0.05, 0.1) is 6.61 Å². The fourth-order valence-electron chi connectivity index (χ4n) is 7.90. The number of halogens is 2. The van der Waals surface area contributed by atoms with Crippen molar-refractivity contribution in [3.05, 3.63) is 23.8 Å². The van der Waals surface area contributed by atoms with Crippen LogP contribution in [0.1, 0.15) is 52.4 Å². The third-order valence-electron chi connectivity index (χ3n) is 9.97. The molecule has 1 heterocycles. The van der Waals surface area contributed by atoms with Crippen LogP contribution in [0.25, 0.3) is 0 Å². The number of aliphatic hydroxyl groups is 2. The highest BCUT2D eigenvalue weighted by Crippen LogP contribution is 2.66. The number of Topliss-reactive ketones (excluding diaryl/α,β-unsaturated/α-hetero) is 2. The molecule has 3 N–H and O–H groups in total. The van der Waals surface area contributed by atoms with E-state index in [4.69, 9.17) is 27.7 Å². The van der Waals surface area contributed by atoms with Crippen molar-refractivity contribution >= 4 is 48.2 Å². The third kappa shape index (κ3) is 5.46. The molecule has 4 fully saturated rings. The van der Waals surface area contributed by atoms with Crippen molar-refractivity contribution in [1.29, 1.82) is 0 Å². The molecule has 0 spiro atoms. The topological polar surface area (TPSA) is 133 Å². The molecule has 0 aromatic rings. The minimum atomic E-state index is -2.84. The first-order chi connectivity index (χ1) is 18.9. The summed E-state index contributed by atoms with van der Waals surface area (Å²) < 4.78 is 19.2. The van der Waals surface area contributed by atoms with Crippen molar-refractivity contribution in [2.24, 2.45) is 28.6 Å². The van der Waals surface area contributed by atoms with E-state index in [1.54, 1.807) is 16.8 Å². The molecule has 1 saturated heterocycles. The third-order valence-corrected chi connectivity index (χ3v) is 12.6. The van der Waals surface area contributed by atoms with Crippen molar-refractivity contribution in [1.82, 2.24) is 9.76 Å². The molecule has 0 bridgehead atoms. The van der Waals surface area contributed by atoms with Gasteiger partial charge < -0.3 is 14.7 Å². The summed E-state index contributed by atoms with van der Waals surface area (Å²) in [6.07, 6.45) is 8.71. The number of rotatable bonds is 7. The molecular weight excluding hydrogens is 578 g/mol. The van der Waals surface area contributed by atoms with E-state index in [2.05, 4.69) is 5.09 Å². The predicted molar refractivity (Wildman–Crippen MR) is 153 cm³/mol. The fourth-order valence-corrected chi connectivity index (χ4v) is 10.5. The monoisotopic (exact) mass is 618 g/mol. The Balaban J connectivity index is 0.000000224. The molecule has 4 aliphatic carbocycles. The van der Waals surface area contributed by atoms with Crippen molar-refractivity contribution in [3.63, 3.8) is 0 Å².